The molecule has 3 unspecified atom stereocenters. The van der Waals surface area contributed by atoms with Crippen molar-refractivity contribution >= 4 is 59.2 Å². The van der Waals surface area contributed by atoms with E-state index in [2.05, 4.69) is 36.9 Å². The molecular formula is C63H76N12O12. The minimum atomic E-state index is -1.72. The summed E-state index contributed by atoms with van der Waals surface area (Å²) in [7, 11) is 0. The molecule has 24 heteroatoms. The topological polar surface area (TPSA) is 383 Å². The molecule has 9 atom stereocenters. The minimum Gasteiger partial charge on any atom is -0.480 e. The first-order valence-corrected chi connectivity index (χ1v) is 28.9. The monoisotopic (exact) mass is 1190 g/mol. The zero-order valence-corrected chi connectivity index (χ0v) is 48.0. The first-order chi connectivity index (χ1) is 41.9. The van der Waals surface area contributed by atoms with Crippen molar-refractivity contribution in [3.8, 4) is 0 Å². The number of rotatable bonds is 29. The van der Waals surface area contributed by atoms with Gasteiger partial charge in [-0.05, 0) is 66.3 Å². The van der Waals surface area contributed by atoms with Crippen LogP contribution in [0.1, 0.15) is 72.3 Å². The first kappa shape index (κ1) is 65.0. The van der Waals surface area contributed by atoms with Crippen LogP contribution in [0, 0.1) is 0 Å². The highest BCUT2D eigenvalue weighted by Gasteiger charge is 2.47. The number of hydrogen-bond acceptors (Lipinski definition) is 13. The number of aliphatic carboxylic acids is 1. The molecule has 2 saturated heterocycles. The van der Waals surface area contributed by atoms with Crippen LogP contribution in [-0.4, -0.2) is 165 Å². The van der Waals surface area contributed by atoms with Gasteiger partial charge in [-0.15, -0.1) is 0 Å². The predicted molar refractivity (Wildman–Crippen MR) is 321 cm³/mol. The number of aliphatic hydroxyl groups is 2. The van der Waals surface area contributed by atoms with Crippen LogP contribution in [0.15, 0.2) is 157 Å². The highest BCUT2D eigenvalue weighted by Crippen LogP contribution is 2.32. The lowest BCUT2D eigenvalue weighted by atomic mass is 9.84. The molecule has 0 bridgehead atoms. The number of nitrogens with two attached hydrogens (primary N) is 3. The number of nitrogens with zero attached hydrogens (tertiary/aromatic N) is 3. The molecule has 8 amide bonds. The van der Waals surface area contributed by atoms with Gasteiger partial charge in [-0.25, -0.2) is 4.79 Å². The number of likely N-dealkylation sites (tertiary alicyclic amines) is 2. The number of carbonyl (C=O) groups is 9. The third kappa shape index (κ3) is 18.5. The van der Waals surface area contributed by atoms with Crippen LogP contribution in [-0.2, 0) is 62.4 Å². The number of carboxylic acid groups (broad SMARTS) is 1. The quantitative estimate of drug-likeness (QED) is 0.0168. The van der Waals surface area contributed by atoms with E-state index in [1.165, 1.54) is 4.90 Å². The van der Waals surface area contributed by atoms with Crippen molar-refractivity contribution in [3.63, 3.8) is 0 Å². The summed E-state index contributed by atoms with van der Waals surface area (Å²) < 4.78 is 0. The van der Waals surface area contributed by atoms with Gasteiger partial charge in [0.25, 0.3) is 0 Å². The van der Waals surface area contributed by atoms with Gasteiger partial charge in [0.15, 0.2) is 5.96 Å². The number of guanidine groups is 1. The Balaban J connectivity index is 1.01. The highest BCUT2D eigenvalue weighted by atomic mass is 16.4. The van der Waals surface area contributed by atoms with Crippen molar-refractivity contribution in [2.45, 2.75) is 118 Å². The van der Waals surface area contributed by atoms with Crippen molar-refractivity contribution in [1.82, 2.24) is 41.7 Å². The molecule has 0 aliphatic carbocycles. The summed E-state index contributed by atoms with van der Waals surface area (Å²) in [6.07, 6.45) is -0.826. The van der Waals surface area contributed by atoms with E-state index in [4.69, 9.17) is 17.2 Å². The fourth-order valence-corrected chi connectivity index (χ4v) is 10.8. The molecule has 24 nitrogen and oxygen atoms in total. The Hall–Kier alpha value is -9.52. The zero-order chi connectivity index (χ0) is 62.4. The van der Waals surface area contributed by atoms with E-state index in [1.807, 2.05) is 60.7 Å². The van der Waals surface area contributed by atoms with Crippen LogP contribution < -0.4 is 49.1 Å². The van der Waals surface area contributed by atoms with Crippen molar-refractivity contribution < 1.29 is 58.5 Å². The van der Waals surface area contributed by atoms with Crippen LogP contribution >= 0.6 is 0 Å². The van der Waals surface area contributed by atoms with Gasteiger partial charge in [0.1, 0.15) is 48.5 Å². The molecule has 2 heterocycles. The van der Waals surface area contributed by atoms with E-state index in [-0.39, 0.29) is 70.4 Å². The Labute approximate surface area is 503 Å². The first-order valence-electron chi connectivity index (χ1n) is 28.9. The molecule has 87 heavy (non-hydrogen) atoms. The van der Waals surface area contributed by atoms with E-state index >= 15 is 0 Å². The Bertz CT molecular complexity index is 3120. The Morgan fingerprint density at radius 1 is 0.563 bits per heavy atom. The molecule has 460 valence electrons. The maximum atomic E-state index is 14.4. The predicted octanol–water partition coefficient (Wildman–Crippen LogP) is -0.155. The molecule has 0 radical (unpaired) electrons. The molecular weight excluding hydrogens is 1120 g/mol. The number of carboxylic acids is 1. The lowest BCUT2D eigenvalue weighted by Gasteiger charge is -2.35. The molecule has 15 N–H and O–H groups in total. The van der Waals surface area contributed by atoms with Crippen molar-refractivity contribution in [2.75, 3.05) is 26.2 Å². The largest absolute Gasteiger partial charge is 0.480 e. The van der Waals surface area contributed by atoms with Gasteiger partial charge in [-0.2, -0.15) is 0 Å². The van der Waals surface area contributed by atoms with Gasteiger partial charge in [-0.3, -0.25) is 43.3 Å². The summed E-state index contributed by atoms with van der Waals surface area (Å²) in [4.78, 5) is 132. The molecule has 7 rings (SSSR count). The van der Waals surface area contributed by atoms with E-state index < -0.39 is 127 Å². The number of carbonyl (C=O) groups excluding carboxylic acids is 8. The number of aliphatic hydroxyl groups excluding tert-OH is 2. The number of hydrogen-bond donors (Lipinski definition) is 12. The molecule has 0 spiro atoms. The number of aliphatic imine (C=N–C) groups is 1. The number of benzene rings is 5. The molecule has 0 saturated carbocycles. The van der Waals surface area contributed by atoms with Gasteiger partial charge >= 0.3 is 5.97 Å². The Morgan fingerprint density at radius 2 is 1.00 bits per heavy atom. The van der Waals surface area contributed by atoms with Gasteiger partial charge in [0.05, 0.1) is 19.2 Å². The summed E-state index contributed by atoms with van der Waals surface area (Å²) in [5.74, 6) is -8.50. The van der Waals surface area contributed by atoms with Gasteiger partial charge in [-0.1, -0.05) is 152 Å². The maximum Gasteiger partial charge on any atom is 0.326 e. The van der Waals surface area contributed by atoms with E-state index in [0.717, 1.165) is 16.0 Å². The minimum absolute atomic E-state index is 0.0300. The third-order valence-electron chi connectivity index (χ3n) is 15.3. The lowest BCUT2D eigenvalue weighted by molar-refractivity contribution is -0.154. The smallest absolute Gasteiger partial charge is 0.326 e. The molecule has 2 fully saturated rings. The van der Waals surface area contributed by atoms with Crippen molar-refractivity contribution in [1.29, 1.82) is 0 Å². The van der Waals surface area contributed by atoms with Gasteiger partial charge < -0.3 is 74.2 Å². The second-order valence-electron chi connectivity index (χ2n) is 21.5. The summed E-state index contributed by atoms with van der Waals surface area (Å²) in [5.41, 5.74) is 21.0. The van der Waals surface area contributed by atoms with E-state index in [1.54, 1.807) is 91.0 Å². The van der Waals surface area contributed by atoms with Gasteiger partial charge in [0, 0.05) is 38.3 Å². The molecule has 2 aliphatic heterocycles. The van der Waals surface area contributed by atoms with Crippen LogP contribution in [0.2, 0.25) is 0 Å². The average Bonchev–Trinajstić information content (AvgIpc) is 1.98. The van der Waals surface area contributed by atoms with E-state index in [0.29, 0.717) is 23.1 Å². The summed E-state index contributed by atoms with van der Waals surface area (Å²) in [6, 6.07) is 33.6. The van der Waals surface area contributed by atoms with Gasteiger partial charge in [0.2, 0.25) is 47.3 Å². The Morgan fingerprint density at radius 3 is 1.46 bits per heavy atom. The van der Waals surface area contributed by atoms with Crippen LogP contribution in [0.4, 0.5) is 0 Å². The zero-order valence-electron chi connectivity index (χ0n) is 48.0. The molecule has 5 aromatic rings. The second kappa shape index (κ2) is 32.1. The standard InChI is InChI=1S/C63H76N12O12/c64-54(53(42-24-12-4-13-25-42)43-26-14-5-15-27-43)61(85)74-33-17-29-50(74)60(84)75-49(30-31-52(75)78)59(83)68-37-51(77)69-45(34-39-18-6-1-7-19-39)55(79)73-48(38-76)58(82)72-47(36-41-22-10-3-11-23-41)57(81)71-46(35-40-20-8-2-9-21-40)56(80)70-44(62(86)87)28-16-32-67-63(65)66/h1-15,18-27,44-50,52-54,76,78H,16-17,28-38,64H2,(H,68,83)(H,69,77)(H,70,80)(H,71,81)(H,72,82)(H,73,79)(H,86,87)(H4,65,66,67)/t44-,45-,46-,47+,48-,49?,50-,52?,54?/m0/s1. The SMILES string of the molecule is NC(N)=NCCC[C@H](NC(=O)[C@H](Cc1ccccc1)NC(=O)[C@@H](Cc1ccccc1)NC(=O)[C@H](CO)NC(=O)[C@H](Cc1ccccc1)NC(=O)CNC(=O)C1CCC(O)N1C(=O)[C@@H]1CCCN1C(=O)C(N)C(c1ccccc1)c1ccccc1)C(=O)O. The maximum absolute atomic E-state index is 14.4. The van der Waals surface area contributed by atoms with Crippen LogP contribution in [0.25, 0.3) is 0 Å². The highest BCUT2D eigenvalue weighted by molar-refractivity contribution is 5.98. The van der Waals surface area contributed by atoms with Crippen LogP contribution in [0.5, 0.6) is 0 Å². The number of amides is 8. The van der Waals surface area contributed by atoms with Crippen molar-refractivity contribution in [3.05, 3.63) is 179 Å². The Kier molecular flexibility index (Phi) is 24.0. The normalized spacial score (nSPS) is 17.5. The third-order valence-corrected chi connectivity index (χ3v) is 15.3. The van der Waals surface area contributed by atoms with E-state index in [9.17, 15) is 58.5 Å². The molecule has 0 aromatic heterocycles. The summed E-state index contributed by atoms with van der Waals surface area (Å²) in [6.45, 7) is -1.37. The fraction of sp³-hybridized carbons (Fsp3) is 0.365. The average molecular weight is 1190 g/mol. The lowest BCUT2D eigenvalue weighted by Crippen LogP contribution is -2.60. The fourth-order valence-electron chi connectivity index (χ4n) is 10.8. The molecule has 5 aromatic carbocycles. The summed E-state index contributed by atoms with van der Waals surface area (Å²) >= 11 is 0. The molecule has 2 aliphatic rings. The van der Waals surface area contributed by atoms with Crippen LogP contribution in [0.3, 0.4) is 0 Å². The second-order valence-corrected chi connectivity index (χ2v) is 21.5. The number of nitrogens with one attached hydrogen (secondary N) is 6. The summed E-state index contributed by atoms with van der Waals surface area (Å²) in [5, 5.41) is 47.1. The van der Waals surface area contributed by atoms with Crippen molar-refractivity contribution in [2.24, 2.45) is 22.2 Å².